The Morgan fingerprint density at radius 1 is 0.402 bits per heavy atom. The topological polar surface area (TPSA) is 507 Å². The van der Waals surface area contributed by atoms with E-state index in [1.807, 2.05) is 13.8 Å². The van der Waals surface area contributed by atoms with Crippen LogP contribution in [0.15, 0.2) is 0 Å². The highest BCUT2D eigenvalue weighted by Crippen LogP contribution is 2.25. The maximum absolute atomic E-state index is 13.8. The molecule has 3 fully saturated rings. The molecular weight excluding hydrogens is 1230 g/mol. The summed E-state index contributed by atoms with van der Waals surface area (Å²) >= 11 is 0. The molecule has 0 aromatic carbocycles. The lowest BCUT2D eigenvalue weighted by molar-refractivity contribution is -0.270. The minimum Gasteiger partial charge on any atom is -0.394 e. The lowest BCUT2D eigenvalue weighted by atomic mass is 9.97. The fraction of sp³-hybridized carbons (Fsp3) is 0.860. The van der Waals surface area contributed by atoms with E-state index in [-0.39, 0.29) is 149 Å². The van der Waals surface area contributed by atoms with Gasteiger partial charge in [0, 0.05) is 85.7 Å². The molecule has 15 atom stereocenters. The first kappa shape index (κ1) is 81.2. The zero-order valence-corrected chi connectivity index (χ0v) is 53.2. The molecule has 92 heavy (non-hydrogen) atoms. The number of aliphatic hydroxyl groups excluding tert-OH is 9. The Balaban J connectivity index is 1.67. The highest BCUT2D eigenvalue weighted by atomic mass is 16.7. The summed E-state index contributed by atoms with van der Waals surface area (Å²) in [5.41, 5.74) is -1.54. The van der Waals surface area contributed by atoms with Gasteiger partial charge in [0.05, 0.1) is 85.4 Å². The Morgan fingerprint density at radius 2 is 0.696 bits per heavy atom. The molecule has 0 aliphatic carbocycles. The van der Waals surface area contributed by atoms with Crippen LogP contribution in [0.5, 0.6) is 0 Å². The zero-order valence-electron chi connectivity index (χ0n) is 53.2. The number of amides is 8. The first-order valence-electron chi connectivity index (χ1n) is 31.1. The summed E-state index contributed by atoms with van der Waals surface area (Å²) in [5.74, 6) is -3.77. The predicted molar refractivity (Wildman–Crippen MR) is 317 cm³/mol. The summed E-state index contributed by atoms with van der Waals surface area (Å²) in [6.07, 6.45) is -15.6. The Labute approximate surface area is 534 Å². The molecule has 3 aliphatic heterocycles. The van der Waals surface area contributed by atoms with Crippen molar-refractivity contribution in [3.8, 4) is 0 Å². The quantitative estimate of drug-likeness (QED) is 0.0252. The number of rotatable bonds is 46. The minimum absolute atomic E-state index is 0.00877. The monoisotopic (exact) mass is 1330 g/mol. The maximum atomic E-state index is 13.8. The van der Waals surface area contributed by atoms with Crippen LogP contribution in [0.4, 0.5) is 0 Å². The molecule has 0 radical (unpaired) electrons. The fourth-order valence-corrected chi connectivity index (χ4v) is 9.61. The van der Waals surface area contributed by atoms with Crippen LogP contribution >= 0.6 is 0 Å². The molecule has 35 heteroatoms. The van der Waals surface area contributed by atoms with Gasteiger partial charge in [0.1, 0.15) is 78.6 Å². The van der Waals surface area contributed by atoms with Crippen molar-refractivity contribution in [2.24, 2.45) is 0 Å². The van der Waals surface area contributed by atoms with Crippen molar-refractivity contribution in [2.45, 2.75) is 202 Å². The standard InChI is InChI=1S/C57H102N8O27/c1-33(2)86-20-7-16-58-40(72)11-6-12-44(76)65-57(30-83-24-13-41(73)59-17-8-21-87-54-45(62-34(3)69)51(80)48(77)37(27-66)90-54,31-84-25-14-42(74)60-18-9-22-88-55-46(63-35(4)70)52(81)49(78)38(28-67)91-55)32-85-26-15-43(75)61-19-10-23-89-56-47(64-36(5)71)53(82)50(79)39(29-68)92-56/h33,37-39,45-56,66-68,77-82H,6-32H2,1-5H3,(H,58,72)(H,59,73)(H,60,74)(H,61,75)(H,62,69)(H,63,70)(H,64,71)(H,65,76)/t37?,38?,39?,45?,46?,47?,48-,49-,50-,51+,52+,53+,54+,55+,56+,57?/m0/s1. The second-order valence-corrected chi connectivity index (χ2v) is 22.7. The van der Waals surface area contributed by atoms with Crippen molar-refractivity contribution in [3.05, 3.63) is 0 Å². The second kappa shape index (κ2) is 44.6. The number of ether oxygens (including phenoxy) is 10. The third-order valence-corrected chi connectivity index (χ3v) is 14.4. The molecule has 0 saturated carbocycles. The van der Waals surface area contributed by atoms with Gasteiger partial charge in [-0.25, -0.2) is 0 Å². The van der Waals surface area contributed by atoms with Crippen LogP contribution in [0.2, 0.25) is 0 Å². The van der Waals surface area contributed by atoms with E-state index in [1.165, 1.54) is 20.8 Å². The smallest absolute Gasteiger partial charge is 0.222 e. The zero-order chi connectivity index (χ0) is 68.2. The van der Waals surface area contributed by atoms with Crippen molar-refractivity contribution >= 4 is 47.3 Å². The number of aliphatic hydroxyl groups is 9. The second-order valence-electron chi connectivity index (χ2n) is 22.7. The highest BCUT2D eigenvalue weighted by molar-refractivity contribution is 5.80. The maximum Gasteiger partial charge on any atom is 0.222 e. The van der Waals surface area contributed by atoms with Crippen LogP contribution in [0.1, 0.15) is 98.8 Å². The molecule has 0 spiro atoms. The van der Waals surface area contributed by atoms with Gasteiger partial charge >= 0.3 is 0 Å². The van der Waals surface area contributed by atoms with Crippen LogP contribution in [0, 0.1) is 0 Å². The minimum atomic E-state index is -1.54. The van der Waals surface area contributed by atoms with Gasteiger partial charge < -0.3 is 136 Å². The van der Waals surface area contributed by atoms with Crippen LogP contribution in [-0.4, -0.2) is 309 Å². The van der Waals surface area contributed by atoms with Crippen molar-refractivity contribution in [2.75, 3.05) is 112 Å². The third kappa shape index (κ3) is 30.6. The number of hydrogen-bond acceptors (Lipinski definition) is 27. The van der Waals surface area contributed by atoms with Gasteiger partial charge in [-0.15, -0.1) is 0 Å². The van der Waals surface area contributed by atoms with Gasteiger partial charge in [-0.1, -0.05) is 0 Å². The van der Waals surface area contributed by atoms with E-state index in [9.17, 15) is 84.3 Å². The number of hydrogen-bond donors (Lipinski definition) is 17. The Kier molecular flexibility index (Phi) is 39.4. The molecule has 3 saturated heterocycles. The van der Waals surface area contributed by atoms with Crippen LogP contribution in [0.3, 0.4) is 0 Å². The van der Waals surface area contributed by atoms with Crippen molar-refractivity contribution in [3.63, 3.8) is 0 Å². The average molecular weight is 1330 g/mol. The van der Waals surface area contributed by atoms with E-state index >= 15 is 0 Å². The summed E-state index contributed by atoms with van der Waals surface area (Å²) in [7, 11) is 0. The van der Waals surface area contributed by atoms with Crippen molar-refractivity contribution < 1.29 is 132 Å². The molecule has 0 aromatic heterocycles. The van der Waals surface area contributed by atoms with E-state index in [0.29, 0.717) is 19.6 Å². The summed E-state index contributed by atoms with van der Waals surface area (Å²) < 4.78 is 57.4. The molecular formula is C57H102N8O27. The van der Waals surface area contributed by atoms with Gasteiger partial charge in [0.25, 0.3) is 0 Å². The van der Waals surface area contributed by atoms with Crippen LogP contribution < -0.4 is 42.5 Å². The molecule has 3 aliphatic rings. The molecule has 3 rings (SSSR count). The summed E-state index contributed by atoms with van der Waals surface area (Å²) in [4.78, 5) is 101. The van der Waals surface area contributed by atoms with E-state index in [1.54, 1.807) is 0 Å². The SMILES string of the molecule is CC(=O)NC1[C@H](OCCCNC(=O)CCOCC(COCCC(=O)NCCCO[C@@H]2OC(CO)[C@H](O)[C@H](O)C2NC(C)=O)(COCCC(=O)NCCCO[C@@H]2OC(CO)[C@H](O)[C@H](O)C2NC(C)=O)NC(=O)CCCC(=O)NCCCOC(C)C)OC(CO)[C@H](O)[C@@H]1O. The number of carbonyl (C=O) groups excluding carboxylic acids is 8. The van der Waals surface area contributed by atoms with Gasteiger partial charge in [0.15, 0.2) is 18.9 Å². The first-order valence-corrected chi connectivity index (χ1v) is 31.1. The van der Waals surface area contributed by atoms with Crippen molar-refractivity contribution in [1.29, 1.82) is 0 Å². The Hall–Kier alpha value is -5.00. The molecule has 0 aromatic rings. The summed E-state index contributed by atoms with van der Waals surface area (Å²) in [5, 5.41) is 113. The fourth-order valence-electron chi connectivity index (χ4n) is 9.61. The van der Waals surface area contributed by atoms with Crippen molar-refractivity contribution in [1.82, 2.24) is 42.5 Å². The lowest BCUT2D eigenvalue weighted by Gasteiger charge is -2.42. The van der Waals surface area contributed by atoms with Gasteiger partial charge in [-0.2, -0.15) is 0 Å². The van der Waals surface area contributed by atoms with Gasteiger partial charge in [-0.3, -0.25) is 38.4 Å². The number of carbonyl (C=O) groups is 8. The van der Waals surface area contributed by atoms with E-state index in [4.69, 9.17) is 47.4 Å². The number of nitrogens with one attached hydrogen (secondary N) is 8. The van der Waals surface area contributed by atoms with E-state index in [2.05, 4.69) is 42.5 Å². The van der Waals surface area contributed by atoms with E-state index < -0.39 is 159 Å². The third-order valence-electron chi connectivity index (χ3n) is 14.4. The van der Waals surface area contributed by atoms with Gasteiger partial charge in [0.2, 0.25) is 47.3 Å². The summed E-state index contributed by atoms with van der Waals surface area (Å²) in [6.45, 7) is 4.85. The van der Waals surface area contributed by atoms with Crippen LogP contribution in [0.25, 0.3) is 0 Å². The Bertz CT molecular complexity index is 2000. The average Bonchev–Trinajstić information content (AvgIpc) is 0.921. The molecule has 3 heterocycles. The molecule has 0 bridgehead atoms. The lowest BCUT2D eigenvalue weighted by Crippen LogP contribution is -2.64. The van der Waals surface area contributed by atoms with Crippen LogP contribution in [-0.2, 0) is 85.7 Å². The normalized spacial score (nSPS) is 27.1. The van der Waals surface area contributed by atoms with Gasteiger partial charge in [-0.05, 0) is 46.0 Å². The predicted octanol–water partition coefficient (Wildman–Crippen LogP) is -7.44. The molecule has 6 unspecified atom stereocenters. The molecule has 17 N–H and O–H groups in total. The molecule has 532 valence electrons. The largest absolute Gasteiger partial charge is 0.394 e. The Morgan fingerprint density at radius 3 is 0.989 bits per heavy atom. The van der Waals surface area contributed by atoms with E-state index in [0.717, 1.165) is 0 Å². The summed E-state index contributed by atoms with van der Waals surface area (Å²) in [6, 6.07) is -3.47. The molecule has 8 amide bonds. The first-order chi connectivity index (χ1) is 43.8. The molecule has 35 nitrogen and oxygen atoms in total. The highest BCUT2D eigenvalue weighted by Gasteiger charge is 2.48.